The van der Waals surface area contributed by atoms with Crippen LogP contribution in [0.25, 0.3) is 0 Å². The summed E-state index contributed by atoms with van der Waals surface area (Å²) >= 11 is 11.9. The molecule has 0 unspecified atom stereocenters. The monoisotopic (exact) mass is 414 g/mol. The summed E-state index contributed by atoms with van der Waals surface area (Å²) in [5.41, 5.74) is 0.654. The van der Waals surface area contributed by atoms with Crippen molar-refractivity contribution in [3.63, 3.8) is 0 Å². The van der Waals surface area contributed by atoms with Gasteiger partial charge in [0, 0.05) is 57.5 Å². The molecule has 0 aromatic heterocycles. The molecule has 2 aliphatic rings. The van der Waals surface area contributed by atoms with E-state index in [9.17, 15) is 4.79 Å². The first-order valence-electron chi connectivity index (χ1n) is 9.51. The third-order valence-electron chi connectivity index (χ3n) is 5.19. The molecule has 2 fully saturated rings. The van der Waals surface area contributed by atoms with Crippen molar-refractivity contribution in [1.29, 1.82) is 0 Å². The van der Waals surface area contributed by atoms with Gasteiger partial charge in [-0.15, -0.1) is 0 Å². The summed E-state index contributed by atoms with van der Waals surface area (Å²) < 4.78 is 5.94. The summed E-state index contributed by atoms with van der Waals surface area (Å²) in [7, 11) is 0. The van der Waals surface area contributed by atoms with Gasteiger partial charge in [0.05, 0.1) is 22.8 Å². The maximum absolute atomic E-state index is 12.5. The lowest BCUT2D eigenvalue weighted by molar-refractivity contribution is -0.0551. The molecule has 150 valence electrons. The van der Waals surface area contributed by atoms with Gasteiger partial charge < -0.3 is 15.0 Å². The summed E-state index contributed by atoms with van der Waals surface area (Å²) in [6.45, 7) is 11.3. The number of nitrogens with zero attached hydrogens (tertiary/aromatic N) is 3. The van der Waals surface area contributed by atoms with Gasteiger partial charge in [-0.1, -0.05) is 23.2 Å². The molecule has 27 heavy (non-hydrogen) atoms. The number of piperazine rings is 1. The summed E-state index contributed by atoms with van der Waals surface area (Å²) in [6.07, 6.45) is 0.248. The average molecular weight is 415 g/mol. The first-order chi connectivity index (χ1) is 12.9. The van der Waals surface area contributed by atoms with Crippen LogP contribution in [0.4, 0.5) is 10.5 Å². The second-order valence-corrected chi connectivity index (χ2v) is 8.24. The molecule has 8 heteroatoms. The molecule has 1 N–H and O–H groups in total. The quantitative estimate of drug-likeness (QED) is 0.820. The van der Waals surface area contributed by atoms with Crippen LogP contribution in [0.5, 0.6) is 0 Å². The molecule has 0 aliphatic carbocycles. The highest BCUT2D eigenvalue weighted by atomic mass is 35.5. The predicted molar refractivity (Wildman–Crippen MR) is 110 cm³/mol. The van der Waals surface area contributed by atoms with Gasteiger partial charge in [-0.3, -0.25) is 9.80 Å². The zero-order valence-corrected chi connectivity index (χ0v) is 17.5. The van der Waals surface area contributed by atoms with Crippen LogP contribution in [-0.2, 0) is 4.74 Å². The summed E-state index contributed by atoms with van der Waals surface area (Å²) in [6, 6.07) is 5.55. The molecule has 1 aromatic carbocycles. The second-order valence-electron chi connectivity index (χ2n) is 7.43. The Hall–Kier alpha value is -1.05. The van der Waals surface area contributed by atoms with Crippen LogP contribution in [0, 0.1) is 0 Å². The molecular weight excluding hydrogens is 387 g/mol. The Morgan fingerprint density at radius 3 is 2.59 bits per heavy atom. The number of amides is 2. The van der Waals surface area contributed by atoms with Crippen LogP contribution in [0.2, 0.25) is 10.0 Å². The Balaban J connectivity index is 1.44. The van der Waals surface area contributed by atoms with Gasteiger partial charge >= 0.3 is 6.03 Å². The number of rotatable bonds is 4. The molecule has 1 atom stereocenters. The lowest BCUT2D eigenvalue weighted by Gasteiger charge is -2.40. The van der Waals surface area contributed by atoms with Crippen molar-refractivity contribution < 1.29 is 9.53 Å². The highest BCUT2D eigenvalue weighted by Crippen LogP contribution is 2.25. The van der Waals surface area contributed by atoms with Gasteiger partial charge in [-0.2, -0.15) is 0 Å². The van der Waals surface area contributed by atoms with Crippen molar-refractivity contribution in [2.75, 3.05) is 57.7 Å². The zero-order chi connectivity index (χ0) is 19.4. The van der Waals surface area contributed by atoms with E-state index in [2.05, 4.69) is 29.0 Å². The molecule has 0 saturated carbocycles. The minimum atomic E-state index is -0.104. The van der Waals surface area contributed by atoms with E-state index >= 15 is 0 Å². The van der Waals surface area contributed by atoms with E-state index in [0.717, 1.165) is 39.3 Å². The Morgan fingerprint density at radius 2 is 1.93 bits per heavy atom. The van der Waals surface area contributed by atoms with E-state index in [1.54, 1.807) is 18.2 Å². The summed E-state index contributed by atoms with van der Waals surface area (Å²) in [4.78, 5) is 19.2. The smallest absolute Gasteiger partial charge is 0.321 e. The van der Waals surface area contributed by atoms with Crippen LogP contribution in [0.3, 0.4) is 0 Å². The lowest BCUT2D eigenvalue weighted by Crippen LogP contribution is -2.54. The highest BCUT2D eigenvalue weighted by Gasteiger charge is 2.27. The molecule has 2 heterocycles. The van der Waals surface area contributed by atoms with Crippen LogP contribution < -0.4 is 5.32 Å². The van der Waals surface area contributed by atoms with Crippen molar-refractivity contribution in [3.05, 3.63) is 28.2 Å². The largest absolute Gasteiger partial charge is 0.374 e. The first-order valence-corrected chi connectivity index (χ1v) is 10.3. The normalized spacial score (nSPS) is 22.3. The van der Waals surface area contributed by atoms with Crippen LogP contribution in [0.1, 0.15) is 13.8 Å². The summed E-state index contributed by atoms with van der Waals surface area (Å²) in [5, 5.41) is 3.80. The third kappa shape index (κ3) is 5.72. The maximum atomic E-state index is 12.5. The first kappa shape index (κ1) is 20.7. The van der Waals surface area contributed by atoms with Gasteiger partial charge in [0.25, 0.3) is 0 Å². The van der Waals surface area contributed by atoms with Crippen LogP contribution in [0.15, 0.2) is 18.2 Å². The average Bonchev–Trinajstić information content (AvgIpc) is 2.65. The molecule has 0 spiro atoms. The van der Waals surface area contributed by atoms with Gasteiger partial charge in [0.1, 0.15) is 0 Å². The second kappa shape index (κ2) is 9.43. The predicted octanol–water partition coefficient (Wildman–Crippen LogP) is 3.25. The molecule has 1 aromatic rings. The number of halogens is 2. The Labute approximate surface area is 171 Å². The minimum Gasteiger partial charge on any atom is -0.374 e. The number of hydrogen-bond acceptors (Lipinski definition) is 4. The number of nitrogens with one attached hydrogen (secondary N) is 1. The molecule has 3 rings (SSSR count). The third-order valence-corrected chi connectivity index (χ3v) is 5.93. The van der Waals surface area contributed by atoms with Gasteiger partial charge in [0.2, 0.25) is 0 Å². The van der Waals surface area contributed by atoms with Crippen molar-refractivity contribution in [1.82, 2.24) is 14.7 Å². The number of benzene rings is 1. The number of hydrogen-bond donors (Lipinski definition) is 1. The molecule has 2 saturated heterocycles. The highest BCUT2D eigenvalue weighted by molar-refractivity contribution is 6.42. The van der Waals surface area contributed by atoms with Gasteiger partial charge in [0.15, 0.2) is 0 Å². The van der Waals surface area contributed by atoms with Gasteiger partial charge in [-0.25, -0.2) is 4.79 Å². The van der Waals surface area contributed by atoms with Crippen molar-refractivity contribution in [2.24, 2.45) is 0 Å². The Bertz CT molecular complexity index is 651. The van der Waals surface area contributed by atoms with Gasteiger partial charge in [-0.05, 0) is 32.0 Å². The van der Waals surface area contributed by atoms with Crippen LogP contribution >= 0.6 is 23.2 Å². The number of ether oxygens (including phenoxy) is 1. The topological polar surface area (TPSA) is 48.1 Å². The fourth-order valence-electron chi connectivity index (χ4n) is 3.52. The van der Waals surface area contributed by atoms with E-state index < -0.39 is 0 Å². The Morgan fingerprint density at radius 1 is 1.19 bits per heavy atom. The van der Waals surface area contributed by atoms with Crippen molar-refractivity contribution in [2.45, 2.75) is 26.0 Å². The van der Waals surface area contributed by atoms with E-state index in [-0.39, 0.29) is 12.1 Å². The van der Waals surface area contributed by atoms with E-state index in [4.69, 9.17) is 27.9 Å². The molecule has 2 amide bonds. The molecule has 0 bridgehead atoms. The zero-order valence-electron chi connectivity index (χ0n) is 16.0. The molecule has 2 aliphatic heterocycles. The van der Waals surface area contributed by atoms with Crippen molar-refractivity contribution in [3.8, 4) is 0 Å². The minimum absolute atomic E-state index is 0.104. The number of carbonyl (C=O) groups is 1. The number of carbonyl (C=O) groups excluding carboxylic acids is 1. The summed E-state index contributed by atoms with van der Waals surface area (Å²) in [5.74, 6) is 0. The van der Waals surface area contributed by atoms with Crippen molar-refractivity contribution >= 4 is 34.9 Å². The number of urea groups is 1. The number of anilines is 1. The number of morpholine rings is 1. The Kier molecular flexibility index (Phi) is 7.22. The standard InChI is InChI=1S/C19H28Cl2N4O2/c1-14(2)25-9-10-27-16(13-25)12-23-5-7-24(8-6-23)19(26)22-15-3-4-17(20)18(21)11-15/h3-4,11,14,16H,5-10,12-13H2,1-2H3,(H,22,26)/t16-/m0/s1. The maximum Gasteiger partial charge on any atom is 0.321 e. The molecule has 0 radical (unpaired) electrons. The fraction of sp³-hybridized carbons (Fsp3) is 0.632. The lowest BCUT2D eigenvalue weighted by atomic mass is 10.2. The molecule has 6 nitrogen and oxygen atoms in total. The van der Waals surface area contributed by atoms with E-state index in [1.807, 2.05) is 4.90 Å². The molecular formula is C19H28Cl2N4O2. The van der Waals surface area contributed by atoms with E-state index in [1.165, 1.54) is 0 Å². The van der Waals surface area contributed by atoms with E-state index in [0.29, 0.717) is 34.9 Å². The SMILES string of the molecule is CC(C)N1CCO[C@@H](CN2CCN(C(=O)Nc3ccc(Cl)c(Cl)c3)CC2)C1. The fourth-order valence-corrected chi connectivity index (χ4v) is 3.82. The van der Waals surface area contributed by atoms with Crippen LogP contribution in [-0.4, -0.2) is 85.3 Å².